The molecular weight excluding hydrogens is 328 g/mol. The van der Waals surface area contributed by atoms with Gasteiger partial charge in [0.15, 0.2) is 6.61 Å². The Balaban J connectivity index is 1.53. The van der Waals surface area contributed by atoms with Gasteiger partial charge in [-0.05, 0) is 31.2 Å². The maximum atomic E-state index is 12.0. The van der Waals surface area contributed by atoms with Gasteiger partial charge >= 0.3 is 0 Å². The fourth-order valence-corrected chi connectivity index (χ4v) is 2.94. The Morgan fingerprint density at radius 1 is 1.23 bits per heavy atom. The highest BCUT2D eigenvalue weighted by Crippen LogP contribution is 2.22. The molecule has 1 aromatic heterocycles. The van der Waals surface area contributed by atoms with E-state index in [1.54, 1.807) is 6.07 Å². The zero-order chi connectivity index (χ0) is 18.4. The number of piperidine rings is 1. The lowest BCUT2D eigenvalue weighted by atomic mass is 10.00. The van der Waals surface area contributed by atoms with Gasteiger partial charge in [-0.1, -0.05) is 37.3 Å². The molecule has 1 aromatic carbocycles. The lowest BCUT2D eigenvalue weighted by molar-refractivity contribution is -0.123. The quantitative estimate of drug-likeness (QED) is 0.864. The van der Waals surface area contributed by atoms with Crippen LogP contribution in [0.15, 0.2) is 36.4 Å². The first-order valence-electron chi connectivity index (χ1n) is 9.14. The van der Waals surface area contributed by atoms with Gasteiger partial charge < -0.3 is 15.0 Å². The van der Waals surface area contributed by atoms with Crippen molar-refractivity contribution in [3.8, 4) is 5.88 Å². The number of anilines is 1. The maximum Gasteiger partial charge on any atom is 0.258 e. The summed E-state index contributed by atoms with van der Waals surface area (Å²) < 4.78 is 5.60. The number of aromatic nitrogens is 2. The molecule has 0 bridgehead atoms. The lowest BCUT2D eigenvalue weighted by Gasteiger charge is -2.30. The van der Waals surface area contributed by atoms with Crippen molar-refractivity contribution in [1.29, 1.82) is 0 Å². The number of hydrogen-bond acceptors (Lipinski definition) is 5. The molecule has 0 unspecified atom stereocenters. The predicted molar refractivity (Wildman–Crippen MR) is 101 cm³/mol. The SMILES string of the molecule is Cc1cc(OCC(=O)NCc2ccccc2)nc(N2CCC(C)CC2)n1. The number of hydrogen-bond donors (Lipinski definition) is 1. The van der Waals surface area contributed by atoms with Crippen molar-refractivity contribution in [1.82, 2.24) is 15.3 Å². The zero-order valence-electron chi connectivity index (χ0n) is 15.4. The summed E-state index contributed by atoms with van der Waals surface area (Å²) in [6, 6.07) is 11.6. The molecule has 138 valence electrons. The molecule has 1 N–H and O–H groups in total. The van der Waals surface area contributed by atoms with Crippen LogP contribution in [-0.2, 0) is 11.3 Å². The van der Waals surface area contributed by atoms with Crippen LogP contribution in [0.3, 0.4) is 0 Å². The molecule has 0 aliphatic carbocycles. The van der Waals surface area contributed by atoms with Crippen molar-refractivity contribution in [2.75, 3.05) is 24.6 Å². The average molecular weight is 354 g/mol. The minimum absolute atomic E-state index is 0.0558. The van der Waals surface area contributed by atoms with Crippen LogP contribution in [0.5, 0.6) is 5.88 Å². The first kappa shape index (κ1) is 18.2. The topological polar surface area (TPSA) is 67.3 Å². The predicted octanol–water partition coefficient (Wildman–Crippen LogP) is 2.72. The number of aryl methyl sites for hydroxylation is 1. The van der Waals surface area contributed by atoms with Crippen molar-refractivity contribution in [2.45, 2.75) is 33.2 Å². The summed E-state index contributed by atoms with van der Waals surface area (Å²) in [5, 5.41) is 2.85. The Morgan fingerprint density at radius 3 is 2.69 bits per heavy atom. The van der Waals surface area contributed by atoms with E-state index in [-0.39, 0.29) is 12.5 Å². The summed E-state index contributed by atoms with van der Waals surface area (Å²) in [7, 11) is 0. The molecule has 0 atom stereocenters. The van der Waals surface area contributed by atoms with Crippen LogP contribution in [0, 0.1) is 12.8 Å². The van der Waals surface area contributed by atoms with Gasteiger partial charge in [0.05, 0.1) is 0 Å². The summed E-state index contributed by atoms with van der Waals surface area (Å²) >= 11 is 0. The highest BCUT2D eigenvalue weighted by molar-refractivity contribution is 5.77. The standard InChI is InChI=1S/C20H26N4O2/c1-15-8-10-24(11-9-15)20-22-16(2)12-19(23-20)26-14-18(25)21-13-17-6-4-3-5-7-17/h3-7,12,15H,8-11,13-14H2,1-2H3,(H,21,25). The van der Waals surface area contributed by atoms with Crippen molar-refractivity contribution in [3.63, 3.8) is 0 Å². The monoisotopic (exact) mass is 354 g/mol. The molecular formula is C20H26N4O2. The molecule has 6 heteroatoms. The summed E-state index contributed by atoms with van der Waals surface area (Å²) in [4.78, 5) is 23.2. The highest BCUT2D eigenvalue weighted by atomic mass is 16.5. The average Bonchev–Trinajstić information content (AvgIpc) is 2.66. The minimum atomic E-state index is -0.168. The fraction of sp³-hybridized carbons (Fsp3) is 0.450. The van der Waals surface area contributed by atoms with Crippen LogP contribution >= 0.6 is 0 Å². The van der Waals surface area contributed by atoms with Crippen molar-refractivity contribution < 1.29 is 9.53 Å². The largest absolute Gasteiger partial charge is 0.467 e. The van der Waals surface area contributed by atoms with E-state index in [9.17, 15) is 4.79 Å². The van der Waals surface area contributed by atoms with Crippen molar-refractivity contribution in [3.05, 3.63) is 47.7 Å². The van der Waals surface area contributed by atoms with Crippen molar-refractivity contribution in [2.24, 2.45) is 5.92 Å². The van der Waals surface area contributed by atoms with Crippen LogP contribution in [0.4, 0.5) is 5.95 Å². The Hall–Kier alpha value is -2.63. The number of benzene rings is 1. The third kappa shape index (κ3) is 5.18. The molecule has 0 spiro atoms. The third-order valence-electron chi connectivity index (χ3n) is 4.57. The molecule has 1 fully saturated rings. The van der Waals surface area contributed by atoms with Gasteiger partial charge in [0.2, 0.25) is 11.8 Å². The van der Waals surface area contributed by atoms with Crippen LogP contribution in [-0.4, -0.2) is 35.6 Å². The highest BCUT2D eigenvalue weighted by Gasteiger charge is 2.19. The Kier molecular flexibility index (Phi) is 6.04. The number of carbonyl (C=O) groups excluding carboxylic acids is 1. The van der Waals surface area contributed by atoms with E-state index in [1.807, 2.05) is 37.3 Å². The van der Waals surface area contributed by atoms with Gasteiger partial charge in [-0.2, -0.15) is 4.98 Å². The van der Waals surface area contributed by atoms with E-state index < -0.39 is 0 Å². The molecule has 3 rings (SSSR count). The number of ether oxygens (including phenoxy) is 1. The number of rotatable bonds is 6. The third-order valence-corrected chi connectivity index (χ3v) is 4.57. The molecule has 2 aromatic rings. The summed E-state index contributed by atoms with van der Waals surface area (Å²) in [5.41, 5.74) is 1.90. The first-order valence-corrected chi connectivity index (χ1v) is 9.14. The Labute approximate surface area is 154 Å². The van der Waals surface area contributed by atoms with Crippen LogP contribution < -0.4 is 15.0 Å². The molecule has 1 aliphatic rings. The molecule has 1 amide bonds. The van der Waals surface area contributed by atoms with Crippen LogP contribution in [0.25, 0.3) is 0 Å². The smallest absolute Gasteiger partial charge is 0.258 e. The normalized spacial score (nSPS) is 14.9. The van der Waals surface area contributed by atoms with Gasteiger partial charge in [0, 0.05) is 31.4 Å². The number of nitrogens with zero attached hydrogens (tertiary/aromatic N) is 3. The number of nitrogens with one attached hydrogen (secondary N) is 1. The molecule has 1 aliphatic heterocycles. The van der Waals surface area contributed by atoms with Gasteiger partial charge in [0.25, 0.3) is 5.91 Å². The van der Waals surface area contributed by atoms with Gasteiger partial charge in [-0.3, -0.25) is 4.79 Å². The minimum Gasteiger partial charge on any atom is -0.467 e. The zero-order valence-corrected chi connectivity index (χ0v) is 15.4. The second kappa shape index (κ2) is 8.65. The van der Waals surface area contributed by atoms with Gasteiger partial charge in [-0.15, -0.1) is 0 Å². The second-order valence-corrected chi connectivity index (χ2v) is 6.87. The van der Waals surface area contributed by atoms with E-state index in [4.69, 9.17) is 4.74 Å². The summed E-state index contributed by atoms with van der Waals surface area (Å²) in [5.74, 6) is 1.72. The number of carbonyl (C=O) groups is 1. The Bertz CT molecular complexity index is 728. The molecule has 1 saturated heterocycles. The fourth-order valence-electron chi connectivity index (χ4n) is 2.94. The van der Waals surface area contributed by atoms with E-state index in [0.717, 1.165) is 43.1 Å². The first-order chi connectivity index (χ1) is 12.6. The summed E-state index contributed by atoms with van der Waals surface area (Å²) in [6.45, 7) is 6.54. The van der Waals surface area contributed by atoms with E-state index in [2.05, 4.69) is 27.1 Å². The van der Waals surface area contributed by atoms with E-state index in [0.29, 0.717) is 18.4 Å². The molecule has 2 heterocycles. The van der Waals surface area contributed by atoms with E-state index in [1.165, 1.54) is 0 Å². The van der Waals surface area contributed by atoms with Crippen LogP contribution in [0.2, 0.25) is 0 Å². The number of amides is 1. The second-order valence-electron chi connectivity index (χ2n) is 6.87. The molecule has 0 radical (unpaired) electrons. The lowest BCUT2D eigenvalue weighted by Crippen LogP contribution is -2.34. The van der Waals surface area contributed by atoms with Gasteiger partial charge in [-0.25, -0.2) is 4.98 Å². The van der Waals surface area contributed by atoms with Crippen LogP contribution in [0.1, 0.15) is 31.0 Å². The van der Waals surface area contributed by atoms with Crippen molar-refractivity contribution >= 4 is 11.9 Å². The Morgan fingerprint density at radius 2 is 1.96 bits per heavy atom. The molecule has 0 saturated carbocycles. The molecule has 6 nitrogen and oxygen atoms in total. The van der Waals surface area contributed by atoms with E-state index >= 15 is 0 Å². The maximum absolute atomic E-state index is 12.0. The van der Waals surface area contributed by atoms with Gasteiger partial charge in [0.1, 0.15) is 0 Å². The molecule has 26 heavy (non-hydrogen) atoms. The summed E-state index contributed by atoms with van der Waals surface area (Å²) in [6.07, 6.45) is 2.30.